The highest BCUT2D eigenvalue weighted by molar-refractivity contribution is 7.09. The van der Waals surface area contributed by atoms with Crippen molar-refractivity contribution < 1.29 is 4.74 Å². The van der Waals surface area contributed by atoms with Crippen LogP contribution in [-0.2, 0) is 13.0 Å². The van der Waals surface area contributed by atoms with Crippen molar-refractivity contribution in [3.05, 3.63) is 45.4 Å². The van der Waals surface area contributed by atoms with Crippen molar-refractivity contribution >= 4 is 11.3 Å². The number of thiazole rings is 1. The summed E-state index contributed by atoms with van der Waals surface area (Å²) < 4.78 is 5.88. The minimum Gasteiger partial charge on any atom is -0.487 e. The highest BCUT2D eigenvalue weighted by Gasteiger charge is 2.19. The first-order valence-corrected chi connectivity index (χ1v) is 7.98. The van der Waals surface area contributed by atoms with Crippen LogP contribution < -0.4 is 10.1 Å². The van der Waals surface area contributed by atoms with Crippen LogP contribution >= 0.6 is 11.3 Å². The largest absolute Gasteiger partial charge is 0.487 e. The summed E-state index contributed by atoms with van der Waals surface area (Å²) in [5.74, 6) is 0.941. The molecule has 0 amide bonds. The van der Waals surface area contributed by atoms with Crippen molar-refractivity contribution in [3.8, 4) is 5.75 Å². The van der Waals surface area contributed by atoms with Crippen LogP contribution in [0.15, 0.2) is 23.6 Å². The van der Waals surface area contributed by atoms with Crippen LogP contribution in [0.5, 0.6) is 5.75 Å². The van der Waals surface area contributed by atoms with Gasteiger partial charge in [0.1, 0.15) is 12.4 Å². The van der Waals surface area contributed by atoms with E-state index in [0.717, 1.165) is 16.5 Å². The van der Waals surface area contributed by atoms with Crippen LogP contribution in [0, 0.1) is 6.92 Å². The Morgan fingerprint density at radius 1 is 1.45 bits per heavy atom. The summed E-state index contributed by atoms with van der Waals surface area (Å²) >= 11 is 1.67. The maximum Gasteiger partial charge on any atom is 0.131 e. The second-order valence-corrected chi connectivity index (χ2v) is 6.30. The summed E-state index contributed by atoms with van der Waals surface area (Å²) in [6.45, 7) is 2.57. The molecule has 0 bridgehead atoms. The van der Waals surface area contributed by atoms with Gasteiger partial charge in [-0.3, -0.25) is 0 Å². The molecule has 20 heavy (non-hydrogen) atoms. The van der Waals surface area contributed by atoms with Gasteiger partial charge in [0.25, 0.3) is 0 Å². The van der Waals surface area contributed by atoms with Crippen molar-refractivity contribution in [2.45, 2.75) is 38.8 Å². The first-order valence-electron chi connectivity index (χ1n) is 7.10. The van der Waals surface area contributed by atoms with Gasteiger partial charge in [-0.1, -0.05) is 6.07 Å². The summed E-state index contributed by atoms with van der Waals surface area (Å²) in [6.07, 6.45) is 3.65. The van der Waals surface area contributed by atoms with Gasteiger partial charge in [-0.2, -0.15) is 0 Å². The van der Waals surface area contributed by atoms with Crippen molar-refractivity contribution in [1.29, 1.82) is 0 Å². The number of aromatic nitrogens is 1. The molecule has 0 aliphatic heterocycles. The van der Waals surface area contributed by atoms with Crippen molar-refractivity contribution in [2.75, 3.05) is 7.05 Å². The van der Waals surface area contributed by atoms with E-state index in [2.05, 4.69) is 33.9 Å². The smallest absolute Gasteiger partial charge is 0.131 e. The zero-order chi connectivity index (χ0) is 13.9. The zero-order valence-electron chi connectivity index (χ0n) is 12.0. The highest BCUT2D eigenvalue weighted by atomic mass is 32.1. The Morgan fingerprint density at radius 3 is 3.10 bits per heavy atom. The number of fused-ring (bicyclic) bond motifs is 1. The third-order valence-corrected chi connectivity index (χ3v) is 4.66. The van der Waals surface area contributed by atoms with Gasteiger partial charge in [-0.05, 0) is 56.5 Å². The maximum atomic E-state index is 5.88. The maximum absolute atomic E-state index is 5.88. The Labute approximate surface area is 124 Å². The van der Waals surface area contributed by atoms with E-state index in [1.54, 1.807) is 11.3 Å². The van der Waals surface area contributed by atoms with Gasteiger partial charge in [0.2, 0.25) is 0 Å². The molecule has 1 N–H and O–H groups in total. The molecule has 1 heterocycles. The Hall–Kier alpha value is -1.39. The van der Waals surface area contributed by atoms with E-state index in [9.17, 15) is 0 Å². The molecule has 0 saturated heterocycles. The number of nitrogens with one attached hydrogen (secondary N) is 1. The summed E-state index contributed by atoms with van der Waals surface area (Å²) in [7, 11) is 2.03. The molecule has 2 aromatic rings. The van der Waals surface area contributed by atoms with Gasteiger partial charge < -0.3 is 10.1 Å². The van der Waals surface area contributed by atoms with Gasteiger partial charge in [0, 0.05) is 11.4 Å². The molecule has 106 valence electrons. The van der Waals surface area contributed by atoms with E-state index in [0.29, 0.717) is 12.6 Å². The third-order valence-electron chi connectivity index (χ3n) is 3.83. The summed E-state index contributed by atoms with van der Waals surface area (Å²) in [6, 6.07) is 6.94. The first kappa shape index (κ1) is 13.6. The van der Waals surface area contributed by atoms with Gasteiger partial charge in [0.15, 0.2) is 0 Å². The van der Waals surface area contributed by atoms with E-state index >= 15 is 0 Å². The van der Waals surface area contributed by atoms with Crippen LogP contribution in [0.25, 0.3) is 0 Å². The molecule has 0 saturated carbocycles. The van der Waals surface area contributed by atoms with Crippen LogP contribution in [0.3, 0.4) is 0 Å². The first-order chi connectivity index (χ1) is 9.76. The normalized spacial score (nSPS) is 17.8. The monoisotopic (exact) mass is 288 g/mol. The third kappa shape index (κ3) is 2.86. The molecule has 1 aromatic heterocycles. The van der Waals surface area contributed by atoms with Gasteiger partial charge in [-0.15, -0.1) is 11.3 Å². The lowest BCUT2D eigenvalue weighted by Crippen LogP contribution is -2.21. The van der Waals surface area contributed by atoms with Crippen LogP contribution in [0.1, 0.15) is 40.7 Å². The lowest BCUT2D eigenvalue weighted by atomic mass is 9.87. The number of hydrogen-bond acceptors (Lipinski definition) is 4. The fourth-order valence-electron chi connectivity index (χ4n) is 2.80. The topological polar surface area (TPSA) is 34.1 Å². The average Bonchev–Trinajstić information content (AvgIpc) is 2.90. The Morgan fingerprint density at radius 2 is 2.35 bits per heavy atom. The van der Waals surface area contributed by atoms with Crippen LogP contribution in [0.4, 0.5) is 0 Å². The standard InChI is InChI=1S/C16H20N2OS/c1-11-18-13(10-20-11)9-19-14-7-6-12-4-3-5-16(17-2)15(12)8-14/h6-8,10,16-17H,3-5,9H2,1-2H3. The van der Waals surface area contributed by atoms with Crippen LogP contribution in [-0.4, -0.2) is 12.0 Å². The van der Waals surface area contributed by atoms with E-state index < -0.39 is 0 Å². The summed E-state index contributed by atoms with van der Waals surface area (Å²) in [4.78, 5) is 4.43. The molecule has 1 aliphatic rings. The van der Waals surface area contributed by atoms with Gasteiger partial charge in [-0.25, -0.2) is 4.98 Å². The lowest BCUT2D eigenvalue weighted by molar-refractivity contribution is 0.301. The zero-order valence-corrected chi connectivity index (χ0v) is 12.8. The fraction of sp³-hybridized carbons (Fsp3) is 0.438. The second-order valence-electron chi connectivity index (χ2n) is 5.24. The molecule has 1 unspecified atom stereocenters. The lowest BCUT2D eigenvalue weighted by Gasteiger charge is -2.25. The molecule has 0 radical (unpaired) electrons. The highest BCUT2D eigenvalue weighted by Crippen LogP contribution is 2.32. The molecule has 1 atom stereocenters. The number of benzene rings is 1. The molecule has 0 spiro atoms. The second kappa shape index (κ2) is 5.94. The molecular weight excluding hydrogens is 268 g/mol. The number of rotatable bonds is 4. The van der Waals surface area contributed by atoms with Gasteiger partial charge >= 0.3 is 0 Å². The van der Waals surface area contributed by atoms with Crippen molar-refractivity contribution in [3.63, 3.8) is 0 Å². The molecule has 1 aromatic carbocycles. The van der Waals surface area contributed by atoms with Crippen molar-refractivity contribution in [1.82, 2.24) is 10.3 Å². The minimum absolute atomic E-state index is 0.462. The summed E-state index contributed by atoms with van der Waals surface area (Å²) in [5.41, 5.74) is 3.86. The molecular formula is C16H20N2OS. The minimum atomic E-state index is 0.462. The van der Waals surface area contributed by atoms with E-state index in [1.165, 1.54) is 30.4 Å². The van der Waals surface area contributed by atoms with E-state index in [4.69, 9.17) is 4.74 Å². The Kier molecular flexibility index (Phi) is 4.03. The molecule has 3 rings (SSSR count). The average molecular weight is 288 g/mol. The van der Waals surface area contributed by atoms with E-state index in [-0.39, 0.29) is 0 Å². The predicted molar refractivity (Wildman–Crippen MR) is 82.4 cm³/mol. The number of hydrogen-bond donors (Lipinski definition) is 1. The van der Waals surface area contributed by atoms with Crippen molar-refractivity contribution in [2.24, 2.45) is 0 Å². The molecule has 0 fully saturated rings. The molecule has 1 aliphatic carbocycles. The molecule has 4 heteroatoms. The Bertz CT molecular complexity index is 594. The predicted octanol–water partition coefficient (Wildman–Crippen LogP) is 3.63. The number of ether oxygens (including phenoxy) is 1. The number of aryl methyl sites for hydroxylation is 2. The quantitative estimate of drug-likeness (QED) is 0.933. The number of nitrogens with zero attached hydrogens (tertiary/aromatic N) is 1. The Balaban J connectivity index is 1.74. The fourth-order valence-corrected chi connectivity index (χ4v) is 3.40. The van der Waals surface area contributed by atoms with Gasteiger partial charge in [0.05, 0.1) is 10.7 Å². The SMILES string of the molecule is CNC1CCCc2ccc(OCc3csc(C)n3)cc21. The summed E-state index contributed by atoms with van der Waals surface area (Å²) in [5, 5.41) is 6.55. The van der Waals surface area contributed by atoms with E-state index in [1.807, 2.05) is 14.0 Å². The molecule has 3 nitrogen and oxygen atoms in total. The van der Waals surface area contributed by atoms with Crippen LogP contribution in [0.2, 0.25) is 0 Å².